The number of furan rings is 1. The molecule has 1 amide bonds. The maximum Gasteiger partial charge on any atom is 0.300 e. The van der Waals surface area contributed by atoms with E-state index in [0.717, 1.165) is 6.07 Å². The molecule has 0 saturated carbocycles. The second-order valence-corrected chi connectivity index (χ2v) is 7.08. The maximum absolute atomic E-state index is 13.0. The highest BCUT2D eigenvalue weighted by atomic mass is 16.6. The van der Waals surface area contributed by atoms with Gasteiger partial charge in [-0.15, -0.1) is 0 Å². The number of carbonyl (C=O) groups excluding carboxylic acids is 2. The van der Waals surface area contributed by atoms with E-state index in [1.807, 2.05) is 6.07 Å². The molecule has 9 nitrogen and oxygen atoms in total. The highest BCUT2D eigenvalue weighted by molar-refractivity contribution is 6.51. The number of nitro groups is 1. The van der Waals surface area contributed by atoms with Crippen molar-refractivity contribution in [1.29, 1.82) is 5.26 Å². The molecular weight excluding hydrogens is 414 g/mol. The summed E-state index contributed by atoms with van der Waals surface area (Å²) in [7, 11) is 0. The van der Waals surface area contributed by atoms with Crippen LogP contribution >= 0.6 is 0 Å². The van der Waals surface area contributed by atoms with Crippen molar-refractivity contribution in [2.75, 3.05) is 4.90 Å². The Morgan fingerprint density at radius 2 is 1.88 bits per heavy atom. The van der Waals surface area contributed by atoms with E-state index >= 15 is 0 Å². The summed E-state index contributed by atoms with van der Waals surface area (Å²) in [5, 5.41) is 31.1. The van der Waals surface area contributed by atoms with Crippen molar-refractivity contribution in [1.82, 2.24) is 0 Å². The van der Waals surface area contributed by atoms with Gasteiger partial charge in [-0.25, -0.2) is 0 Å². The van der Waals surface area contributed by atoms with Crippen molar-refractivity contribution < 1.29 is 24.0 Å². The lowest BCUT2D eigenvalue weighted by Crippen LogP contribution is -2.29. The van der Waals surface area contributed by atoms with Gasteiger partial charge in [0.2, 0.25) is 0 Å². The molecule has 4 rings (SSSR count). The number of Topliss-reactive ketones (excluding diaryl/α,β-unsaturated/α-hetero) is 1. The van der Waals surface area contributed by atoms with Crippen LogP contribution in [0.4, 0.5) is 11.4 Å². The Hall–Kier alpha value is -4.71. The van der Waals surface area contributed by atoms with Crippen LogP contribution in [0.3, 0.4) is 0 Å². The summed E-state index contributed by atoms with van der Waals surface area (Å²) in [6, 6.07) is 15.3. The van der Waals surface area contributed by atoms with Gasteiger partial charge in [0, 0.05) is 23.4 Å². The standard InChI is InChI=1S/C23H15N3O6/c1-13-5-10-18(32-13)20-19(21(27)15-3-2-4-17(11-15)26(30)31)22(28)23(29)25(20)16-8-6-14(12-24)7-9-16/h2-11,20,27H,1H3/b21-19-. The fourth-order valence-electron chi connectivity index (χ4n) is 3.59. The van der Waals surface area contributed by atoms with Gasteiger partial charge in [-0.2, -0.15) is 5.26 Å². The molecule has 32 heavy (non-hydrogen) atoms. The molecule has 2 aromatic carbocycles. The molecule has 0 spiro atoms. The van der Waals surface area contributed by atoms with Gasteiger partial charge < -0.3 is 9.52 Å². The molecular formula is C23H15N3O6. The first-order valence-corrected chi connectivity index (χ1v) is 9.44. The largest absolute Gasteiger partial charge is 0.507 e. The number of ketones is 1. The second-order valence-electron chi connectivity index (χ2n) is 7.08. The highest BCUT2D eigenvalue weighted by Crippen LogP contribution is 2.42. The third-order valence-corrected chi connectivity index (χ3v) is 5.08. The summed E-state index contributed by atoms with van der Waals surface area (Å²) in [6.07, 6.45) is 0. The van der Waals surface area contributed by atoms with Gasteiger partial charge in [0.15, 0.2) is 0 Å². The first kappa shape index (κ1) is 20.6. The van der Waals surface area contributed by atoms with Crippen LogP contribution in [0.5, 0.6) is 0 Å². The predicted molar refractivity (Wildman–Crippen MR) is 112 cm³/mol. The molecule has 1 N–H and O–H groups in total. The molecule has 1 saturated heterocycles. The van der Waals surface area contributed by atoms with E-state index in [1.54, 1.807) is 19.1 Å². The number of benzene rings is 2. The number of aryl methyl sites for hydroxylation is 1. The van der Waals surface area contributed by atoms with Crippen molar-refractivity contribution in [3.8, 4) is 6.07 Å². The Balaban J connectivity index is 1.92. The number of nitro benzene ring substituents is 1. The summed E-state index contributed by atoms with van der Waals surface area (Å²) in [4.78, 5) is 37.7. The van der Waals surface area contributed by atoms with E-state index < -0.39 is 28.4 Å². The number of aliphatic hydroxyl groups excluding tert-OH is 1. The number of carbonyl (C=O) groups is 2. The normalized spacial score (nSPS) is 17.4. The molecule has 1 aliphatic heterocycles. The lowest BCUT2D eigenvalue weighted by molar-refractivity contribution is -0.384. The van der Waals surface area contributed by atoms with Crippen LogP contribution in [-0.4, -0.2) is 21.7 Å². The van der Waals surface area contributed by atoms with Gasteiger partial charge in [-0.05, 0) is 43.3 Å². The van der Waals surface area contributed by atoms with E-state index in [1.165, 1.54) is 47.4 Å². The quantitative estimate of drug-likeness (QED) is 0.217. The minimum Gasteiger partial charge on any atom is -0.507 e. The zero-order valence-electron chi connectivity index (χ0n) is 16.7. The molecule has 158 valence electrons. The average Bonchev–Trinajstić information content (AvgIpc) is 3.34. The summed E-state index contributed by atoms with van der Waals surface area (Å²) < 4.78 is 5.69. The summed E-state index contributed by atoms with van der Waals surface area (Å²) in [5.41, 5.74) is 0.177. The first-order chi connectivity index (χ1) is 15.3. The molecule has 1 fully saturated rings. The van der Waals surface area contributed by atoms with Crippen molar-refractivity contribution >= 4 is 28.8 Å². The van der Waals surface area contributed by atoms with E-state index in [0.29, 0.717) is 17.0 Å². The number of hydrogen-bond acceptors (Lipinski definition) is 7. The third-order valence-electron chi connectivity index (χ3n) is 5.08. The van der Waals surface area contributed by atoms with Crippen molar-refractivity contribution in [2.24, 2.45) is 0 Å². The zero-order chi connectivity index (χ0) is 23.0. The van der Waals surface area contributed by atoms with Crippen LogP contribution in [0.2, 0.25) is 0 Å². The summed E-state index contributed by atoms with van der Waals surface area (Å²) in [5.74, 6) is -1.65. The van der Waals surface area contributed by atoms with Gasteiger partial charge in [0.25, 0.3) is 17.4 Å². The third kappa shape index (κ3) is 3.40. The van der Waals surface area contributed by atoms with Crippen LogP contribution < -0.4 is 4.90 Å². The number of amides is 1. The van der Waals surface area contributed by atoms with Crippen LogP contribution in [0.15, 0.2) is 70.7 Å². The first-order valence-electron chi connectivity index (χ1n) is 9.44. The maximum atomic E-state index is 13.0. The van der Waals surface area contributed by atoms with Crippen LogP contribution in [0.1, 0.15) is 28.7 Å². The van der Waals surface area contributed by atoms with Gasteiger partial charge in [0.1, 0.15) is 23.3 Å². The van der Waals surface area contributed by atoms with E-state index in [4.69, 9.17) is 9.68 Å². The molecule has 0 radical (unpaired) electrons. The summed E-state index contributed by atoms with van der Waals surface area (Å²) in [6.45, 7) is 1.69. The van der Waals surface area contributed by atoms with E-state index in [9.17, 15) is 24.8 Å². The number of non-ortho nitro benzene ring substituents is 1. The highest BCUT2D eigenvalue weighted by Gasteiger charge is 2.48. The number of nitrogens with zero attached hydrogens (tertiary/aromatic N) is 3. The van der Waals surface area contributed by atoms with Gasteiger partial charge in [0.05, 0.1) is 22.1 Å². The number of aliphatic hydroxyl groups is 1. The molecule has 0 bridgehead atoms. The van der Waals surface area contributed by atoms with Crippen LogP contribution in [-0.2, 0) is 9.59 Å². The van der Waals surface area contributed by atoms with Gasteiger partial charge >= 0.3 is 0 Å². The topological polar surface area (TPSA) is 138 Å². The minimum atomic E-state index is -1.10. The van der Waals surface area contributed by atoms with Crippen molar-refractivity contribution in [3.05, 3.63) is 99.0 Å². The number of rotatable bonds is 4. The molecule has 1 unspecified atom stereocenters. The van der Waals surface area contributed by atoms with Crippen molar-refractivity contribution in [3.63, 3.8) is 0 Å². The van der Waals surface area contributed by atoms with Crippen LogP contribution in [0.25, 0.3) is 5.76 Å². The molecule has 1 aromatic heterocycles. The Kier molecular flexibility index (Phi) is 5.04. The number of anilines is 1. The van der Waals surface area contributed by atoms with E-state index in [-0.39, 0.29) is 22.6 Å². The predicted octanol–water partition coefficient (Wildman–Crippen LogP) is 3.99. The SMILES string of the molecule is Cc1ccc(C2/C(=C(/O)c3cccc([N+](=O)[O-])c3)C(=O)C(=O)N2c2ccc(C#N)cc2)o1. The smallest absolute Gasteiger partial charge is 0.300 e. The molecule has 9 heteroatoms. The fraction of sp³-hybridized carbons (Fsp3) is 0.0870. The number of hydrogen-bond donors (Lipinski definition) is 1. The molecule has 1 atom stereocenters. The Labute approximate surface area is 181 Å². The monoisotopic (exact) mass is 429 g/mol. The van der Waals surface area contributed by atoms with Crippen molar-refractivity contribution in [2.45, 2.75) is 13.0 Å². The lowest BCUT2D eigenvalue weighted by atomic mass is 9.99. The average molecular weight is 429 g/mol. The number of nitriles is 1. The zero-order valence-corrected chi connectivity index (χ0v) is 16.7. The molecule has 3 aromatic rings. The van der Waals surface area contributed by atoms with Crippen LogP contribution in [0, 0.1) is 28.4 Å². The Bertz CT molecular complexity index is 1330. The summed E-state index contributed by atoms with van der Waals surface area (Å²) >= 11 is 0. The van der Waals surface area contributed by atoms with Gasteiger partial charge in [-0.3, -0.25) is 24.6 Å². The second kappa shape index (κ2) is 7.85. The molecule has 0 aliphatic carbocycles. The Morgan fingerprint density at radius 1 is 1.16 bits per heavy atom. The van der Waals surface area contributed by atoms with E-state index in [2.05, 4.69) is 0 Å². The van der Waals surface area contributed by atoms with Gasteiger partial charge in [-0.1, -0.05) is 12.1 Å². The Morgan fingerprint density at radius 3 is 2.47 bits per heavy atom. The molecule has 1 aliphatic rings. The lowest BCUT2D eigenvalue weighted by Gasteiger charge is -2.23. The molecule has 2 heterocycles. The minimum absolute atomic E-state index is 0.0188. The fourth-order valence-corrected chi connectivity index (χ4v) is 3.59.